The van der Waals surface area contributed by atoms with Gasteiger partial charge >= 0.3 is 6.09 Å². The summed E-state index contributed by atoms with van der Waals surface area (Å²) < 4.78 is 6.66. The summed E-state index contributed by atoms with van der Waals surface area (Å²) in [5.41, 5.74) is 1.54. The van der Waals surface area contributed by atoms with Crippen molar-refractivity contribution in [3.63, 3.8) is 0 Å². The smallest absolute Gasteiger partial charge is 0.412 e. The van der Waals surface area contributed by atoms with E-state index in [1.807, 2.05) is 30.3 Å². The second kappa shape index (κ2) is 5.76. The minimum atomic E-state index is -0.640. The maximum atomic E-state index is 11.8. The number of amides is 1. The first-order valence-corrected chi connectivity index (χ1v) is 6.43. The minimum absolute atomic E-state index is 0.118. The van der Waals surface area contributed by atoms with Crippen molar-refractivity contribution in [2.75, 3.05) is 5.32 Å². The van der Waals surface area contributed by atoms with E-state index in [-0.39, 0.29) is 17.4 Å². The monoisotopic (exact) mass is 303 g/mol. The molecule has 0 aliphatic rings. The summed E-state index contributed by atoms with van der Waals surface area (Å²) in [6.07, 6.45) is 2.27. The zero-order chi connectivity index (χ0) is 14.7. The molecule has 0 bridgehead atoms. The second-order valence-electron chi connectivity index (χ2n) is 4.16. The molecule has 0 spiro atoms. The normalized spacial score (nSPS) is 10.5. The first-order chi connectivity index (χ1) is 10.2. The van der Waals surface area contributed by atoms with Crippen LogP contribution < -0.4 is 5.32 Å². The third-order valence-electron chi connectivity index (χ3n) is 2.74. The fraction of sp³-hybridized carbons (Fsp3) is 0.0769. The van der Waals surface area contributed by atoms with Gasteiger partial charge in [-0.1, -0.05) is 41.9 Å². The summed E-state index contributed by atoms with van der Waals surface area (Å²) in [4.78, 5) is 15.8. The third kappa shape index (κ3) is 2.92. The summed E-state index contributed by atoms with van der Waals surface area (Å²) >= 11 is 5.96. The van der Waals surface area contributed by atoms with E-state index in [0.717, 1.165) is 5.56 Å². The Morgan fingerprint density at radius 1 is 1.29 bits per heavy atom. The zero-order valence-corrected chi connectivity index (χ0v) is 11.5. The number of nitrogens with one attached hydrogen (secondary N) is 1. The van der Waals surface area contributed by atoms with Crippen molar-refractivity contribution >= 4 is 29.0 Å². The van der Waals surface area contributed by atoms with E-state index in [1.165, 1.54) is 12.7 Å². The Hall–Kier alpha value is -2.67. The topological polar surface area (TPSA) is 81.4 Å². The predicted octanol–water partition coefficient (Wildman–Crippen LogP) is 2.53. The average Bonchev–Trinajstić information content (AvgIpc) is 2.98. The van der Waals surface area contributed by atoms with Gasteiger partial charge in [-0.3, -0.25) is 9.72 Å². The average molecular weight is 304 g/mol. The fourth-order valence-corrected chi connectivity index (χ4v) is 1.92. The number of carbonyl (C=O) groups excluding carboxylic acids is 1. The van der Waals surface area contributed by atoms with Gasteiger partial charge in [-0.05, 0) is 5.56 Å². The van der Waals surface area contributed by atoms with Crippen LogP contribution in [0.3, 0.4) is 0 Å². The highest BCUT2D eigenvalue weighted by Crippen LogP contribution is 2.22. The van der Waals surface area contributed by atoms with Crippen molar-refractivity contribution in [1.82, 2.24) is 19.6 Å². The Kier molecular flexibility index (Phi) is 3.65. The highest BCUT2D eigenvalue weighted by molar-refractivity contribution is 6.33. The van der Waals surface area contributed by atoms with Crippen LogP contribution >= 0.6 is 11.6 Å². The van der Waals surface area contributed by atoms with Crippen molar-refractivity contribution in [3.05, 3.63) is 53.7 Å². The lowest BCUT2D eigenvalue weighted by molar-refractivity contribution is 0.155. The number of hydrogen-bond donors (Lipinski definition) is 1. The lowest BCUT2D eigenvalue weighted by Crippen LogP contribution is -2.15. The van der Waals surface area contributed by atoms with E-state index < -0.39 is 6.09 Å². The quantitative estimate of drug-likeness (QED) is 0.752. The van der Waals surface area contributed by atoms with E-state index in [9.17, 15) is 4.79 Å². The van der Waals surface area contributed by atoms with Crippen LogP contribution in [0.5, 0.6) is 0 Å². The van der Waals surface area contributed by atoms with E-state index in [4.69, 9.17) is 16.3 Å². The van der Waals surface area contributed by atoms with Crippen molar-refractivity contribution in [2.45, 2.75) is 6.61 Å². The molecule has 0 aliphatic heterocycles. The van der Waals surface area contributed by atoms with Gasteiger partial charge in [-0.15, -0.1) is 10.2 Å². The highest BCUT2D eigenvalue weighted by Gasteiger charge is 2.14. The van der Waals surface area contributed by atoms with E-state index in [0.29, 0.717) is 5.65 Å². The number of hydrogen-bond acceptors (Lipinski definition) is 5. The standard InChI is InChI=1S/C13H10ClN5O2/c14-11-10(12-18-16-8-19(12)7-15-11)17-13(20)21-6-9-4-2-1-3-5-9/h1-5,7-8H,6H2,(H,17,20). The summed E-state index contributed by atoms with van der Waals surface area (Å²) in [6, 6.07) is 9.35. The van der Waals surface area contributed by atoms with Crippen molar-refractivity contribution in [3.8, 4) is 0 Å². The molecule has 21 heavy (non-hydrogen) atoms. The largest absolute Gasteiger partial charge is 0.444 e. The molecular formula is C13H10ClN5O2. The number of fused-ring (bicyclic) bond motifs is 1. The van der Waals surface area contributed by atoms with Gasteiger partial charge < -0.3 is 4.74 Å². The van der Waals surface area contributed by atoms with Gasteiger partial charge in [0.2, 0.25) is 0 Å². The molecule has 0 unspecified atom stereocenters. The SMILES string of the molecule is O=C(Nc1c(Cl)ncn2cnnc12)OCc1ccccc1. The van der Waals surface area contributed by atoms with Gasteiger partial charge in [0.15, 0.2) is 10.8 Å². The second-order valence-corrected chi connectivity index (χ2v) is 4.52. The number of carbonyl (C=O) groups is 1. The lowest BCUT2D eigenvalue weighted by atomic mass is 10.2. The maximum Gasteiger partial charge on any atom is 0.412 e. The zero-order valence-electron chi connectivity index (χ0n) is 10.7. The molecule has 3 rings (SSSR count). The van der Waals surface area contributed by atoms with Crippen LogP contribution in [0.2, 0.25) is 5.15 Å². The van der Waals surface area contributed by atoms with Gasteiger partial charge in [0.05, 0.1) is 0 Å². The maximum absolute atomic E-state index is 11.8. The molecule has 7 nitrogen and oxygen atoms in total. The number of nitrogens with zero attached hydrogens (tertiary/aromatic N) is 4. The fourth-order valence-electron chi connectivity index (χ4n) is 1.74. The van der Waals surface area contributed by atoms with Crippen LogP contribution in [-0.4, -0.2) is 25.7 Å². The molecule has 1 N–H and O–H groups in total. The number of rotatable bonds is 3. The Bertz CT molecular complexity index is 775. The molecule has 3 aromatic rings. The summed E-state index contributed by atoms with van der Waals surface area (Å²) in [6.45, 7) is 0.160. The first-order valence-electron chi connectivity index (χ1n) is 6.05. The van der Waals surface area contributed by atoms with Crippen molar-refractivity contribution < 1.29 is 9.53 Å². The number of anilines is 1. The number of benzene rings is 1. The number of halogens is 1. The summed E-state index contributed by atoms with van der Waals surface area (Å²) in [7, 11) is 0. The Morgan fingerprint density at radius 2 is 2.10 bits per heavy atom. The molecule has 0 saturated carbocycles. The molecule has 0 atom stereocenters. The van der Waals surface area contributed by atoms with Crippen LogP contribution in [0.4, 0.5) is 10.5 Å². The van der Waals surface area contributed by atoms with Crippen LogP contribution in [0.25, 0.3) is 5.65 Å². The van der Waals surface area contributed by atoms with E-state index in [1.54, 1.807) is 4.40 Å². The van der Waals surface area contributed by atoms with Crippen molar-refractivity contribution in [2.24, 2.45) is 0 Å². The molecule has 2 aromatic heterocycles. The Morgan fingerprint density at radius 3 is 2.90 bits per heavy atom. The van der Waals surface area contributed by atoms with Crippen LogP contribution in [-0.2, 0) is 11.3 Å². The number of aromatic nitrogens is 4. The molecule has 0 fully saturated rings. The molecule has 1 aromatic carbocycles. The molecular weight excluding hydrogens is 294 g/mol. The van der Waals surface area contributed by atoms with Gasteiger partial charge in [0, 0.05) is 0 Å². The molecule has 8 heteroatoms. The van der Waals surface area contributed by atoms with Gasteiger partial charge in [0.25, 0.3) is 0 Å². The first kappa shape index (κ1) is 13.3. The minimum Gasteiger partial charge on any atom is -0.444 e. The lowest BCUT2D eigenvalue weighted by Gasteiger charge is -2.08. The van der Waals surface area contributed by atoms with Gasteiger partial charge in [-0.25, -0.2) is 9.78 Å². The highest BCUT2D eigenvalue weighted by atomic mass is 35.5. The summed E-state index contributed by atoms with van der Waals surface area (Å²) in [5.74, 6) is 0. The molecule has 0 radical (unpaired) electrons. The van der Waals surface area contributed by atoms with E-state index in [2.05, 4.69) is 20.5 Å². The van der Waals surface area contributed by atoms with Crippen molar-refractivity contribution in [1.29, 1.82) is 0 Å². The van der Waals surface area contributed by atoms with Crippen LogP contribution in [0.15, 0.2) is 43.0 Å². The van der Waals surface area contributed by atoms with Gasteiger partial charge in [-0.2, -0.15) is 0 Å². The molecule has 106 valence electrons. The van der Waals surface area contributed by atoms with E-state index >= 15 is 0 Å². The third-order valence-corrected chi connectivity index (χ3v) is 3.02. The summed E-state index contributed by atoms with van der Waals surface area (Å²) in [5, 5.41) is 10.2. The van der Waals surface area contributed by atoms with Gasteiger partial charge in [0.1, 0.15) is 24.9 Å². The number of ether oxygens (including phenoxy) is 1. The molecule has 0 aliphatic carbocycles. The Balaban J connectivity index is 1.72. The van der Waals surface area contributed by atoms with Crippen LogP contribution in [0.1, 0.15) is 5.56 Å². The molecule has 2 heterocycles. The molecule has 1 amide bonds. The predicted molar refractivity (Wildman–Crippen MR) is 76.0 cm³/mol. The Labute approximate surface area is 124 Å². The molecule has 0 saturated heterocycles. The van der Waals surface area contributed by atoms with Crippen LogP contribution in [0, 0.1) is 0 Å².